The Hall–Kier alpha value is -1.33. The maximum atomic E-state index is 11.6. The van der Waals surface area contributed by atoms with Gasteiger partial charge in [0, 0.05) is 18.2 Å². The molecule has 5 nitrogen and oxygen atoms in total. The van der Waals surface area contributed by atoms with Gasteiger partial charge in [-0.15, -0.1) is 0 Å². The van der Waals surface area contributed by atoms with Crippen molar-refractivity contribution in [3.63, 3.8) is 0 Å². The summed E-state index contributed by atoms with van der Waals surface area (Å²) in [6, 6.07) is 2.42. The number of nitrogens with two attached hydrogens (primary N) is 1. The van der Waals surface area contributed by atoms with Gasteiger partial charge >= 0.3 is 5.91 Å². The van der Waals surface area contributed by atoms with Crippen molar-refractivity contribution >= 4 is 5.91 Å². The third kappa shape index (κ3) is 3.41. The Bertz CT molecular complexity index is 457. The van der Waals surface area contributed by atoms with Crippen LogP contribution in [0.4, 0.5) is 0 Å². The van der Waals surface area contributed by atoms with Crippen molar-refractivity contribution in [2.75, 3.05) is 7.05 Å². The fourth-order valence-corrected chi connectivity index (χ4v) is 2.95. The maximum absolute atomic E-state index is 11.6. The number of hydrogen-bond acceptors (Lipinski definition) is 4. The molecular weight excluding hydrogens is 254 g/mol. The van der Waals surface area contributed by atoms with Gasteiger partial charge in [0.15, 0.2) is 5.76 Å². The molecule has 1 heterocycles. The Morgan fingerprint density at radius 3 is 2.75 bits per heavy atom. The highest BCUT2D eigenvalue weighted by molar-refractivity contribution is 5.92. The number of nitrogens with one attached hydrogen (secondary N) is 1. The lowest BCUT2D eigenvalue weighted by molar-refractivity contribution is 0.0919. The van der Waals surface area contributed by atoms with E-state index in [4.69, 9.17) is 10.3 Å². The van der Waals surface area contributed by atoms with E-state index < -0.39 is 0 Å². The van der Waals surface area contributed by atoms with Crippen LogP contribution in [0.15, 0.2) is 16.7 Å². The van der Waals surface area contributed by atoms with Crippen LogP contribution in [-0.4, -0.2) is 23.9 Å². The normalized spacial score (nSPS) is 19.2. The van der Waals surface area contributed by atoms with Crippen molar-refractivity contribution in [2.24, 2.45) is 11.3 Å². The lowest BCUT2D eigenvalue weighted by Gasteiger charge is -2.38. The van der Waals surface area contributed by atoms with Gasteiger partial charge in [0.25, 0.3) is 0 Å². The van der Waals surface area contributed by atoms with Gasteiger partial charge in [0.2, 0.25) is 0 Å². The molecule has 20 heavy (non-hydrogen) atoms. The summed E-state index contributed by atoms with van der Waals surface area (Å²) in [5.74, 6) is 5.11. The first-order chi connectivity index (χ1) is 9.43. The van der Waals surface area contributed by atoms with Crippen molar-refractivity contribution in [3.05, 3.63) is 23.7 Å². The van der Waals surface area contributed by atoms with Gasteiger partial charge in [0.1, 0.15) is 0 Å². The van der Waals surface area contributed by atoms with Gasteiger partial charge in [-0.1, -0.05) is 13.8 Å². The molecule has 1 aromatic heterocycles. The minimum Gasteiger partial charge on any atom is -0.459 e. The second kappa shape index (κ2) is 5.97. The predicted octanol–water partition coefficient (Wildman–Crippen LogP) is 2.28. The van der Waals surface area contributed by atoms with Crippen molar-refractivity contribution < 1.29 is 9.21 Å². The van der Waals surface area contributed by atoms with Crippen LogP contribution in [0.2, 0.25) is 0 Å². The molecule has 1 saturated carbocycles. The van der Waals surface area contributed by atoms with E-state index in [9.17, 15) is 4.79 Å². The van der Waals surface area contributed by atoms with Crippen LogP contribution in [0.1, 0.15) is 55.6 Å². The molecule has 0 bridgehead atoms. The zero-order valence-electron chi connectivity index (χ0n) is 12.6. The van der Waals surface area contributed by atoms with E-state index in [1.54, 1.807) is 0 Å². The smallest absolute Gasteiger partial charge is 0.301 e. The second-order valence-electron chi connectivity index (χ2n) is 6.56. The average Bonchev–Trinajstić information content (AvgIpc) is 2.85. The van der Waals surface area contributed by atoms with Crippen LogP contribution in [-0.2, 0) is 6.54 Å². The molecule has 2 rings (SSSR count). The molecule has 1 fully saturated rings. The van der Waals surface area contributed by atoms with E-state index in [0.717, 1.165) is 5.56 Å². The summed E-state index contributed by atoms with van der Waals surface area (Å²) in [6.45, 7) is 5.39. The molecule has 0 saturated heterocycles. The molecule has 1 aromatic rings. The first-order valence-corrected chi connectivity index (χ1v) is 7.20. The number of nitrogen functional groups attached to an aromatic ring is 1. The van der Waals surface area contributed by atoms with Gasteiger partial charge in [-0.05, 0) is 44.2 Å². The molecular formula is C15H25N3O2. The number of hydrazine groups is 1. The van der Waals surface area contributed by atoms with Crippen molar-refractivity contribution in [2.45, 2.75) is 52.1 Å². The molecule has 0 radical (unpaired) electrons. The molecule has 5 heteroatoms. The molecule has 0 aromatic carbocycles. The highest BCUT2D eigenvalue weighted by Crippen LogP contribution is 2.36. The molecule has 1 aliphatic rings. The molecule has 3 N–H and O–H groups in total. The minimum absolute atomic E-state index is 0.315. The average molecular weight is 279 g/mol. The van der Waals surface area contributed by atoms with Gasteiger partial charge in [-0.25, -0.2) is 5.84 Å². The highest BCUT2D eigenvalue weighted by Gasteiger charge is 2.29. The SMILES string of the molecule is CN(Cc1ccoc1C(=O)NN)C1CCC(C)(C)CC1. The zero-order chi connectivity index (χ0) is 14.8. The summed E-state index contributed by atoms with van der Waals surface area (Å²) >= 11 is 0. The zero-order valence-corrected chi connectivity index (χ0v) is 12.6. The van der Waals surface area contributed by atoms with Crippen LogP contribution in [0.3, 0.4) is 0 Å². The Morgan fingerprint density at radius 2 is 2.15 bits per heavy atom. The Labute approximate surface area is 120 Å². The predicted molar refractivity (Wildman–Crippen MR) is 77.9 cm³/mol. The van der Waals surface area contributed by atoms with Crippen LogP contribution < -0.4 is 11.3 Å². The van der Waals surface area contributed by atoms with Gasteiger partial charge in [-0.3, -0.25) is 15.1 Å². The number of carbonyl (C=O) groups excluding carboxylic acids is 1. The van der Waals surface area contributed by atoms with Crippen LogP contribution in [0.5, 0.6) is 0 Å². The molecule has 0 unspecified atom stereocenters. The number of rotatable bonds is 4. The van der Waals surface area contributed by atoms with Gasteiger partial charge in [0.05, 0.1) is 6.26 Å². The number of carbonyl (C=O) groups is 1. The number of amides is 1. The lowest BCUT2D eigenvalue weighted by atomic mass is 9.75. The van der Waals surface area contributed by atoms with Crippen LogP contribution in [0, 0.1) is 5.41 Å². The highest BCUT2D eigenvalue weighted by atomic mass is 16.3. The summed E-state index contributed by atoms with van der Waals surface area (Å²) in [5.41, 5.74) is 3.48. The summed E-state index contributed by atoms with van der Waals surface area (Å²) in [7, 11) is 2.11. The first kappa shape index (κ1) is 15.1. The largest absolute Gasteiger partial charge is 0.459 e. The molecule has 1 amide bonds. The van der Waals surface area contributed by atoms with E-state index in [1.807, 2.05) is 6.07 Å². The third-order valence-electron chi connectivity index (χ3n) is 4.44. The molecule has 112 valence electrons. The Kier molecular flexibility index (Phi) is 4.50. The second-order valence-corrected chi connectivity index (χ2v) is 6.56. The minimum atomic E-state index is -0.372. The number of nitrogens with zero attached hydrogens (tertiary/aromatic N) is 1. The van der Waals surface area contributed by atoms with E-state index in [0.29, 0.717) is 23.8 Å². The fourth-order valence-electron chi connectivity index (χ4n) is 2.95. The van der Waals surface area contributed by atoms with E-state index in [-0.39, 0.29) is 5.91 Å². The molecule has 0 spiro atoms. The van der Waals surface area contributed by atoms with Crippen LogP contribution in [0.25, 0.3) is 0 Å². The van der Waals surface area contributed by atoms with E-state index in [2.05, 4.69) is 31.2 Å². The number of hydrogen-bond donors (Lipinski definition) is 2. The van der Waals surface area contributed by atoms with Crippen molar-refractivity contribution in [1.29, 1.82) is 0 Å². The van der Waals surface area contributed by atoms with Crippen LogP contribution >= 0.6 is 0 Å². The van der Waals surface area contributed by atoms with Crippen molar-refractivity contribution in [3.8, 4) is 0 Å². The maximum Gasteiger partial charge on any atom is 0.301 e. The molecule has 0 atom stereocenters. The number of furan rings is 1. The Balaban J connectivity index is 1.97. The van der Waals surface area contributed by atoms with E-state index >= 15 is 0 Å². The van der Waals surface area contributed by atoms with Gasteiger partial charge in [-0.2, -0.15) is 0 Å². The summed E-state index contributed by atoms with van der Waals surface area (Å²) in [5, 5.41) is 0. The lowest BCUT2D eigenvalue weighted by Crippen LogP contribution is -2.37. The monoisotopic (exact) mass is 279 g/mol. The topological polar surface area (TPSA) is 71.5 Å². The Morgan fingerprint density at radius 1 is 1.50 bits per heavy atom. The quantitative estimate of drug-likeness (QED) is 0.504. The summed E-state index contributed by atoms with van der Waals surface area (Å²) in [4.78, 5) is 13.9. The first-order valence-electron chi connectivity index (χ1n) is 7.20. The third-order valence-corrected chi connectivity index (χ3v) is 4.44. The summed E-state index contributed by atoms with van der Waals surface area (Å²) in [6.07, 6.45) is 6.46. The summed E-state index contributed by atoms with van der Waals surface area (Å²) < 4.78 is 5.22. The molecule has 0 aliphatic heterocycles. The van der Waals surface area contributed by atoms with Gasteiger partial charge < -0.3 is 4.42 Å². The fraction of sp³-hybridized carbons (Fsp3) is 0.667. The van der Waals surface area contributed by atoms with E-state index in [1.165, 1.54) is 31.9 Å². The molecule has 1 aliphatic carbocycles. The van der Waals surface area contributed by atoms with Crippen molar-refractivity contribution in [1.82, 2.24) is 10.3 Å². The standard InChI is InChI=1S/C15H25N3O2/c1-15(2)7-4-12(5-8-15)18(3)10-11-6-9-20-13(11)14(19)17-16/h6,9,12H,4-5,7-8,10,16H2,1-3H3,(H,17,19).